The van der Waals surface area contributed by atoms with Gasteiger partial charge in [-0.15, -0.1) is 0 Å². The summed E-state index contributed by atoms with van der Waals surface area (Å²) in [6, 6.07) is 6.71. The maximum absolute atomic E-state index is 6.29. The number of para-hydroxylation sites is 1. The first-order chi connectivity index (χ1) is 9.83. The summed E-state index contributed by atoms with van der Waals surface area (Å²) >= 11 is 6.29. The van der Waals surface area contributed by atoms with E-state index in [-0.39, 0.29) is 0 Å². The van der Waals surface area contributed by atoms with E-state index in [0.29, 0.717) is 6.04 Å². The molecule has 0 radical (unpaired) electrons. The second-order valence-electron chi connectivity index (χ2n) is 5.78. The van der Waals surface area contributed by atoms with Gasteiger partial charge in [-0.2, -0.15) is 0 Å². The van der Waals surface area contributed by atoms with E-state index in [1.54, 1.807) is 0 Å². The zero-order valence-electron chi connectivity index (χ0n) is 11.9. The number of likely N-dealkylation sites (tertiary alicyclic amines) is 1. The number of benzene rings is 1. The van der Waals surface area contributed by atoms with Crippen LogP contribution in [-0.4, -0.2) is 37.2 Å². The van der Waals surface area contributed by atoms with Crippen LogP contribution >= 0.6 is 11.6 Å². The van der Waals surface area contributed by atoms with Crippen molar-refractivity contribution in [1.82, 2.24) is 10.2 Å². The van der Waals surface area contributed by atoms with E-state index in [1.165, 1.54) is 44.3 Å². The normalized spacial score (nSPS) is 19.4. The van der Waals surface area contributed by atoms with Crippen molar-refractivity contribution in [2.75, 3.05) is 26.2 Å². The number of nitrogens with zero attached hydrogens (tertiary/aromatic N) is 1. The summed E-state index contributed by atoms with van der Waals surface area (Å²) in [5.74, 6) is 0.863. The van der Waals surface area contributed by atoms with Crippen LogP contribution in [0.4, 0.5) is 0 Å². The number of halogens is 1. The number of rotatable bonds is 7. The van der Waals surface area contributed by atoms with Gasteiger partial charge in [-0.3, -0.25) is 4.90 Å². The third-order valence-electron chi connectivity index (χ3n) is 4.06. The molecule has 1 N–H and O–H groups in total. The van der Waals surface area contributed by atoms with E-state index in [4.69, 9.17) is 16.3 Å². The molecule has 1 saturated heterocycles. The van der Waals surface area contributed by atoms with E-state index in [0.717, 1.165) is 30.5 Å². The van der Waals surface area contributed by atoms with Crippen molar-refractivity contribution in [2.45, 2.75) is 38.3 Å². The fourth-order valence-electron chi connectivity index (χ4n) is 2.68. The molecule has 0 atom stereocenters. The van der Waals surface area contributed by atoms with Crippen LogP contribution in [0.5, 0.6) is 5.75 Å². The Kier molecular flexibility index (Phi) is 4.81. The van der Waals surface area contributed by atoms with Gasteiger partial charge in [0.05, 0.1) is 5.02 Å². The standard InChI is InChI=1S/C16H23ClN2O/c17-15-5-3-4-13(12-18-14-6-7-14)16(15)20-11-10-19-8-1-2-9-19/h3-5,14,18H,1-2,6-12H2. The lowest BCUT2D eigenvalue weighted by atomic mass is 10.2. The minimum absolute atomic E-state index is 0.700. The van der Waals surface area contributed by atoms with Crippen LogP contribution in [0.25, 0.3) is 0 Å². The lowest BCUT2D eigenvalue weighted by molar-refractivity contribution is 0.236. The topological polar surface area (TPSA) is 24.5 Å². The number of nitrogens with one attached hydrogen (secondary N) is 1. The van der Waals surface area contributed by atoms with Crippen molar-refractivity contribution in [3.8, 4) is 5.75 Å². The second kappa shape index (κ2) is 6.79. The molecule has 2 fully saturated rings. The summed E-state index contributed by atoms with van der Waals surface area (Å²) in [4.78, 5) is 2.46. The molecule has 1 aliphatic carbocycles. The monoisotopic (exact) mass is 294 g/mol. The van der Waals surface area contributed by atoms with Crippen molar-refractivity contribution < 1.29 is 4.74 Å². The summed E-state index contributed by atoms with van der Waals surface area (Å²) in [6.45, 7) is 5.00. The molecule has 3 nitrogen and oxygen atoms in total. The van der Waals surface area contributed by atoms with Crippen LogP contribution in [0, 0.1) is 0 Å². The first kappa shape index (κ1) is 14.2. The van der Waals surface area contributed by atoms with Crippen molar-refractivity contribution in [2.24, 2.45) is 0 Å². The Morgan fingerprint density at radius 1 is 1.25 bits per heavy atom. The van der Waals surface area contributed by atoms with Gasteiger partial charge in [0.1, 0.15) is 12.4 Å². The highest BCUT2D eigenvalue weighted by atomic mass is 35.5. The van der Waals surface area contributed by atoms with Crippen LogP contribution in [0.3, 0.4) is 0 Å². The Hall–Kier alpha value is -0.770. The molecule has 110 valence electrons. The average molecular weight is 295 g/mol. The van der Waals surface area contributed by atoms with Gasteiger partial charge in [-0.1, -0.05) is 23.7 Å². The van der Waals surface area contributed by atoms with E-state index < -0.39 is 0 Å². The number of hydrogen-bond donors (Lipinski definition) is 1. The molecule has 1 aromatic carbocycles. The summed E-state index contributed by atoms with van der Waals surface area (Å²) in [7, 11) is 0. The first-order valence-electron chi connectivity index (χ1n) is 7.69. The molecule has 20 heavy (non-hydrogen) atoms. The molecule has 1 heterocycles. The lowest BCUT2D eigenvalue weighted by Crippen LogP contribution is -2.25. The first-order valence-corrected chi connectivity index (χ1v) is 8.06. The lowest BCUT2D eigenvalue weighted by Gasteiger charge is -2.17. The maximum Gasteiger partial charge on any atom is 0.142 e. The molecular weight excluding hydrogens is 272 g/mol. The third-order valence-corrected chi connectivity index (χ3v) is 4.36. The molecule has 1 aliphatic heterocycles. The summed E-state index contributed by atoms with van der Waals surface area (Å²) in [6.07, 6.45) is 5.24. The Balaban J connectivity index is 1.54. The maximum atomic E-state index is 6.29. The molecule has 1 aromatic rings. The van der Waals surface area contributed by atoms with Gasteiger partial charge < -0.3 is 10.1 Å². The van der Waals surface area contributed by atoms with Crippen molar-refractivity contribution in [3.05, 3.63) is 28.8 Å². The van der Waals surface area contributed by atoms with E-state index in [9.17, 15) is 0 Å². The van der Waals surface area contributed by atoms with Crippen LogP contribution in [0.2, 0.25) is 5.02 Å². The molecule has 0 unspecified atom stereocenters. The molecule has 3 rings (SSSR count). The van der Waals surface area contributed by atoms with E-state index >= 15 is 0 Å². The quantitative estimate of drug-likeness (QED) is 0.836. The molecule has 0 bridgehead atoms. The van der Waals surface area contributed by atoms with Crippen molar-refractivity contribution in [3.63, 3.8) is 0 Å². The fourth-order valence-corrected chi connectivity index (χ4v) is 2.93. The summed E-state index contributed by atoms with van der Waals surface area (Å²) in [5.41, 5.74) is 1.17. The van der Waals surface area contributed by atoms with Crippen LogP contribution in [0.15, 0.2) is 18.2 Å². The van der Waals surface area contributed by atoms with Gasteiger partial charge in [-0.25, -0.2) is 0 Å². The molecular formula is C16H23ClN2O. The van der Waals surface area contributed by atoms with Gasteiger partial charge in [0.25, 0.3) is 0 Å². The predicted molar refractivity (Wildman–Crippen MR) is 82.5 cm³/mol. The molecule has 1 saturated carbocycles. The Morgan fingerprint density at radius 2 is 2.05 bits per heavy atom. The predicted octanol–water partition coefficient (Wildman–Crippen LogP) is 3.07. The van der Waals surface area contributed by atoms with Crippen molar-refractivity contribution >= 4 is 11.6 Å². The Labute approximate surface area is 126 Å². The highest BCUT2D eigenvalue weighted by Gasteiger charge is 2.21. The van der Waals surface area contributed by atoms with E-state index in [2.05, 4.69) is 16.3 Å². The summed E-state index contributed by atoms with van der Waals surface area (Å²) in [5, 5.41) is 4.25. The number of ether oxygens (including phenoxy) is 1. The van der Waals surface area contributed by atoms with Gasteiger partial charge in [0, 0.05) is 24.7 Å². The smallest absolute Gasteiger partial charge is 0.142 e. The average Bonchev–Trinajstić information content (AvgIpc) is 3.14. The largest absolute Gasteiger partial charge is 0.490 e. The fraction of sp³-hybridized carbons (Fsp3) is 0.625. The molecule has 0 aromatic heterocycles. The van der Waals surface area contributed by atoms with Gasteiger partial charge >= 0.3 is 0 Å². The Bertz CT molecular complexity index is 442. The van der Waals surface area contributed by atoms with Gasteiger partial charge in [-0.05, 0) is 44.8 Å². The van der Waals surface area contributed by atoms with Gasteiger partial charge in [0.15, 0.2) is 0 Å². The molecule has 2 aliphatic rings. The van der Waals surface area contributed by atoms with Gasteiger partial charge in [0.2, 0.25) is 0 Å². The molecule has 0 spiro atoms. The SMILES string of the molecule is Clc1cccc(CNC2CC2)c1OCCN1CCCC1. The zero-order valence-corrected chi connectivity index (χ0v) is 12.7. The van der Waals surface area contributed by atoms with Crippen LogP contribution in [-0.2, 0) is 6.54 Å². The van der Waals surface area contributed by atoms with E-state index in [1.807, 2.05) is 12.1 Å². The Morgan fingerprint density at radius 3 is 2.80 bits per heavy atom. The summed E-state index contributed by atoms with van der Waals surface area (Å²) < 4.78 is 5.97. The van der Waals surface area contributed by atoms with Crippen LogP contribution < -0.4 is 10.1 Å². The minimum atomic E-state index is 0.700. The highest BCUT2D eigenvalue weighted by molar-refractivity contribution is 6.32. The van der Waals surface area contributed by atoms with Crippen molar-refractivity contribution in [1.29, 1.82) is 0 Å². The second-order valence-corrected chi connectivity index (χ2v) is 6.19. The third kappa shape index (κ3) is 3.87. The zero-order chi connectivity index (χ0) is 13.8. The minimum Gasteiger partial charge on any atom is -0.490 e. The number of hydrogen-bond acceptors (Lipinski definition) is 3. The highest BCUT2D eigenvalue weighted by Crippen LogP contribution is 2.29. The van der Waals surface area contributed by atoms with Crippen LogP contribution in [0.1, 0.15) is 31.2 Å². The molecule has 0 amide bonds. The molecule has 4 heteroatoms.